The zero-order valence-corrected chi connectivity index (χ0v) is 13.2. The van der Waals surface area contributed by atoms with Crippen molar-refractivity contribution in [2.45, 2.75) is 62.2 Å². The van der Waals surface area contributed by atoms with Gasteiger partial charge in [0.25, 0.3) is 0 Å². The first kappa shape index (κ1) is 14.5. The average molecular weight is 283 g/mol. The van der Waals surface area contributed by atoms with Crippen molar-refractivity contribution in [3.63, 3.8) is 0 Å². The molecule has 2 aliphatic heterocycles. The molecule has 90 valence electrons. The van der Waals surface area contributed by atoms with Crippen LogP contribution in [-0.4, -0.2) is 21.5 Å². The van der Waals surface area contributed by atoms with E-state index < -0.39 is 0 Å². The van der Waals surface area contributed by atoms with Gasteiger partial charge in [-0.05, 0) is 19.3 Å². The van der Waals surface area contributed by atoms with E-state index in [1.807, 2.05) is 21.6 Å². The van der Waals surface area contributed by atoms with Crippen molar-refractivity contribution in [1.29, 1.82) is 0 Å². The van der Waals surface area contributed by atoms with Crippen molar-refractivity contribution >= 4 is 43.2 Å². The summed E-state index contributed by atoms with van der Waals surface area (Å²) >= 11 is 0. The average Bonchev–Trinajstić information content (AvgIpc) is 2.12. The first-order chi connectivity index (χ1) is 7.31. The summed E-state index contributed by atoms with van der Waals surface area (Å²) in [7, 11) is 8.16. The van der Waals surface area contributed by atoms with Crippen molar-refractivity contribution in [1.82, 2.24) is 0 Å². The smallest absolute Gasteiger partial charge is 0.0278 e. The molecule has 2 aliphatic rings. The van der Waals surface area contributed by atoms with E-state index in [4.69, 9.17) is 0 Å². The lowest BCUT2D eigenvalue weighted by Crippen LogP contribution is -2.25. The van der Waals surface area contributed by atoms with Crippen LogP contribution in [0.3, 0.4) is 0 Å². The zero-order valence-electron chi connectivity index (χ0n) is 9.90. The van der Waals surface area contributed by atoms with Gasteiger partial charge in [0.2, 0.25) is 0 Å². The van der Waals surface area contributed by atoms with Crippen LogP contribution >= 0.6 is 43.2 Å². The van der Waals surface area contributed by atoms with Gasteiger partial charge in [-0.1, -0.05) is 70.4 Å². The molecule has 0 aliphatic carbocycles. The Morgan fingerprint density at radius 2 is 1.60 bits per heavy atom. The molecule has 0 spiro atoms. The van der Waals surface area contributed by atoms with Crippen molar-refractivity contribution in [3.05, 3.63) is 0 Å². The van der Waals surface area contributed by atoms with Crippen LogP contribution in [-0.2, 0) is 0 Å². The van der Waals surface area contributed by atoms with Gasteiger partial charge in [0.1, 0.15) is 0 Å². The van der Waals surface area contributed by atoms with Gasteiger partial charge in [-0.15, -0.1) is 0 Å². The van der Waals surface area contributed by atoms with Gasteiger partial charge < -0.3 is 0 Å². The summed E-state index contributed by atoms with van der Waals surface area (Å²) in [6.07, 6.45) is 5.50. The molecule has 0 saturated carbocycles. The third kappa shape index (κ3) is 5.05. The molecular weight excluding hydrogens is 260 g/mol. The maximum Gasteiger partial charge on any atom is 0.0278 e. The maximum absolute atomic E-state index is 2.29. The summed E-state index contributed by atoms with van der Waals surface area (Å²) in [6.45, 7) is 6.81. The van der Waals surface area contributed by atoms with Gasteiger partial charge in [-0.3, -0.25) is 0 Å². The fourth-order valence-electron chi connectivity index (χ4n) is 1.41. The SMILES string of the molecule is CCC1CSS1.CCCC1SSC1CC. The summed E-state index contributed by atoms with van der Waals surface area (Å²) in [5.74, 6) is 1.39. The lowest BCUT2D eigenvalue weighted by atomic mass is 10.1. The third-order valence-corrected chi connectivity index (χ3v) is 9.72. The van der Waals surface area contributed by atoms with E-state index >= 15 is 0 Å². The van der Waals surface area contributed by atoms with E-state index in [2.05, 4.69) is 42.4 Å². The Morgan fingerprint density at radius 1 is 0.933 bits per heavy atom. The summed E-state index contributed by atoms with van der Waals surface area (Å²) in [6, 6.07) is 0. The molecular formula is C11H22S4. The molecule has 0 aromatic carbocycles. The Kier molecular flexibility index (Phi) is 8.18. The molecule has 0 aromatic rings. The Balaban J connectivity index is 0.000000162. The van der Waals surface area contributed by atoms with Gasteiger partial charge in [-0.2, -0.15) is 0 Å². The maximum atomic E-state index is 2.29. The van der Waals surface area contributed by atoms with Crippen LogP contribution in [0.1, 0.15) is 46.5 Å². The second-order valence-corrected chi connectivity index (χ2v) is 9.34. The van der Waals surface area contributed by atoms with Gasteiger partial charge in [0, 0.05) is 21.5 Å². The van der Waals surface area contributed by atoms with E-state index in [0.717, 1.165) is 15.7 Å². The molecule has 3 atom stereocenters. The summed E-state index contributed by atoms with van der Waals surface area (Å²) < 4.78 is 0. The van der Waals surface area contributed by atoms with Gasteiger partial charge in [0.05, 0.1) is 0 Å². The number of rotatable bonds is 4. The first-order valence-corrected chi connectivity index (χ1v) is 10.6. The largest absolute Gasteiger partial charge is 0.0927 e. The topological polar surface area (TPSA) is 0 Å². The minimum Gasteiger partial charge on any atom is -0.0927 e. The molecule has 2 heterocycles. The quantitative estimate of drug-likeness (QED) is 0.625. The minimum atomic E-state index is 0.981. The standard InChI is InChI=1S/C7H14S2.C4H8S2/c1-3-5-7-6(4-2)8-9-7;1-2-4-3-5-6-4/h6-7H,3-5H2,1-2H3;4H,2-3H2,1H3. The lowest BCUT2D eigenvalue weighted by molar-refractivity contribution is 0.683. The molecule has 4 heteroatoms. The second-order valence-electron chi connectivity index (χ2n) is 3.88. The van der Waals surface area contributed by atoms with Crippen LogP contribution in [0.4, 0.5) is 0 Å². The van der Waals surface area contributed by atoms with Crippen LogP contribution in [0.2, 0.25) is 0 Å². The molecule has 2 saturated heterocycles. The van der Waals surface area contributed by atoms with Crippen molar-refractivity contribution < 1.29 is 0 Å². The predicted octanol–water partition coefficient (Wildman–Crippen LogP) is 5.49. The highest BCUT2D eigenvalue weighted by molar-refractivity contribution is 8.80. The molecule has 2 fully saturated rings. The second kappa shape index (κ2) is 8.48. The summed E-state index contributed by atoms with van der Waals surface area (Å²) in [5, 5.41) is 2.97. The number of hydrogen-bond acceptors (Lipinski definition) is 4. The van der Waals surface area contributed by atoms with E-state index in [0.29, 0.717) is 0 Å². The highest BCUT2D eigenvalue weighted by Crippen LogP contribution is 2.50. The molecule has 0 aromatic heterocycles. The fraction of sp³-hybridized carbons (Fsp3) is 1.00. The van der Waals surface area contributed by atoms with Crippen LogP contribution in [0, 0.1) is 0 Å². The molecule has 0 radical (unpaired) electrons. The van der Waals surface area contributed by atoms with Crippen LogP contribution < -0.4 is 0 Å². The zero-order chi connectivity index (χ0) is 11.1. The molecule has 0 nitrogen and oxygen atoms in total. The van der Waals surface area contributed by atoms with E-state index in [9.17, 15) is 0 Å². The molecule has 0 N–H and O–H groups in total. The molecule has 0 amide bonds. The van der Waals surface area contributed by atoms with Gasteiger partial charge in [-0.25, -0.2) is 0 Å². The van der Waals surface area contributed by atoms with Crippen LogP contribution in [0.5, 0.6) is 0 Å². The predicted molar refractivity (Wildman–Crippen MR) is 82.1 cm³/mol. The van der Waals surface area contributed by atoms with Gasteiger partial charge >= 0.3 is 0 Å². The Morgan fingerprint density at radius 3 is 1.80 bits per heavy atom. The van der Waals surface area contributed by atoms with Gasteiger partial charge in [0.15, 0.2) is 0 Å². The van der Waals surface area contributed by atoms with Crippen LogP contribution in [0.25, 0.3) is 0 Å². The highest BCUT2D eigenvalue weighted by Gasteiger charge is 2.29. The first-order valence-electron chi connectivity index (χ1n) is 5.92. The molecule has 3 unspecified atom stereocenters. The Bertz CT molecular complexity index is 154. The van der Waals surface area contributed by atoms with Crippen molar-refractivity contribution in [2.24, 2.45) is 0 Å². The monoisotopic (exact) mass is 282 g/mol. The Hall–Kier alpha value is 1.40. The molecule has 2 rings (SSSR count). The van der Waals surface area contributed by atoms with E-state index in [1.54, 1.807) is 0 Å². The number of hydrogen-bond donors (Lipinski definition) is 0. The summed E-state index contributed by atoms with van der Waals surface area (Å²) in [5.41, 5.74) is 0. The lowest BCUT2D eigenvalue weighted by Gasteiger charge is -2.33. The third-order valence-electron chi connectivity index (χ3n) is 2.61. The summed E-state index contributed by atoms with van der Waals surface area (Å²) in [4.78, 5) is 0. The molecule has 0 bridgehead atoms. The fourth-order valence-corrected chi connectivity index (χ4v) is 6.70. The normalized spacial score (nSPS) is 33.4. The highest BCUT2D eigenvalue weighted by atomic mass is 33.1. The van der Waals surface area contributed by atoms with E-state index in [-0.39, 0.29) is 0 Å². The minimum absolute atomic E-state index is 0.981. The van der Waals surface area contributed by atoms with Crippen molar-refractivity contribution in [2.75, 3.05) is 5.75 Å². The van der Waals surface area contributed by atoms with E-state index in [1.165, 1.54) is 31.4 Å². The van der Waals surface area contributed by atoms with Crippen LogP contribution in [0.15, 0.2) is 0 Å². The molecule has 15 heavy (non-hydrogen) atoms. The Labute approximate surface area is 111 Å². The van der Waals surface area contributed by atoms with Crippen molar-refractivity contribution in [3.8, 4) is 0 Å².